The average molecular weight is 361 g/mol. The molecule has 26 heavy (non-hydrogen) atoms. The molecule has 2 rings (SSSR count). The van der Waals surface area contributed by atoms with Crippen molar-refractivity contribution in [3.8, 4) is 11.5 Å². The van der Waals surface area contributed by atoms with Crippen molar-refractivity contribution >= 4 is 11.9 Å². The fourth-order valence-corrected chi connectivity index (χ4v) is 2.22. The lowest BCUT2D eigenvalue weighted by Gasteiger charge is -2.13. The summed E-state index contributed by atoms with van der Waals surface area (Å²) in [6.07, 6.45) is -0.283. The molecule has 0 aromatic heterocycles. The summed E-state index contributed by atoms with van der Waals surface area (Å²) in [6.45, 7) is 0.302. The summed E-state index contributed by atoms with van der Waals surface area (Å²) in [5.74, 6) is -0.785. The summed E-state index contributed by atoms with van der Waals surface area (Å²) in [7, 11) is 1.49. The summed E-state index contributed by atoms with van der Waals surface area (Å²) >= 11 is 0. The van der Waals surface area contributed by atoms with E-state index in [4.69, 9.17) is 14.6 Å². The van der Waals surface area contributed by atoms with Gasteiger partial charge >= 0.3 is 5.97 Å². The average Bonchev–Trinajstić information content (AvgIpc) is 2.64. The van der Waals surface area contributed by atoms with E-state index in [9.17, 15) is 14.0 Å². The summed E-state index contributed by atoms with van der Waals surface area (Å²) in [5.41, 5.74) is 1.20. The van der Waals surface area contributed by atoms with Crippen LogP contribution in [0.15, 0.2) is 42.5 Å². The maximum Gasteiger partial charge on any atom is 0.303 e. The standard InChI is InChI=1S/C19H20FNO5/c1-25-17-10-13(11-21-18(22)8-9-19(23)24)6-7-16(17)26-12-14-4-2-3-5-15(14)20/h2-7,10H,8-9,11-12H2,1H3,(H,21,22)(H,23,24). The Labute approximate surface area is 150 Å². The molecule has 0 aliphatic rings. The minimum atomic E-state index is -1.02. The molecule has 1 amide bonds. The third kappa shape index (κ3) is 5.77. The number of carbonyl (C=O) groups excluding carboxylic acids is 1. The van der Waals surface area contributed by atoms with Crippen LogP contribution < -0.4 is 14.8 Å². The molecule has 0 radical (unpaired) electrons. The van der Waals surface area contributed by atoms with Crippen LogP contribution in [0, 0.1) is 5.82 Å². The van der Waals surface area contributed by atoms with Gasteiger partial charge in [-0.25, -0.2) is 4.39 Å². The van der Waals surface area contributed by atoms with E-state index in [2.05, 4.69) is 5.32 Å². The van der Waals surface area contributed by atoms with Crippen molar-refractivity contribution in [2.75, 3.05) is 7.11 Å². The molecule has 0 unspecified atom stereocenters. The first-order valence-corrected chi connectivity index (χ1v) is 8.01. The minimum absolute atomic E-state index is 0.0638. The van der Waals surface area contributed by atoms with Gasteiger partial charge in [-0.2, -0.15) is 0 Å². The number of rotatable bonds is 9. The van der Waals surface area contributed by atoms with Gasteiger partial charge in [0.2, 0.25) is 5.91 Å². The van der Waals surface area contributed by atoms with Crippen molar-refractivity contribution in [1.29, 1.82) is 0 Å². The van der Waals surface area contributed by atoms with Gasteiger partial charge in [-0.15, -0.1) is 0 Å². The number of halogens is 1. The first-order chi connectivity index (χ1) is 12.5. The Morgan fingerprint density at radius 3 is 2.58 bits per heavy atom. The van der Waals surface area contributed by atoms with E-state index in [1.54, 1.807) is 36.4 Å². The van der Waals surface area contributed by atoms with Gasteiger partial charge in [-0.3, -0.25) is 9.59 Å². The van der Waals surface area contributed by atoms with Crippen molar-refractivity contribution in [3.63, 3.8) is 0 Å². The molecule has 138 valence electrons. The third-order valence-corrected chi connectivity index (χ3v) is 3.62. The molecule has 0 aliphatic heterocycles. The molecule has 0 spiro atoms. The highest BCUT2D eigenvalue weighted by Gasteiger charge is 2.09. The Morgan fingerprint density at radius 2 is 1.88 bits per heavy atom. The van der Waals surface area contributed by atoms with Crippen molar-refractivity contribution in [2.24, 2.45) is 0 Å². The minimum Gasteiger partial charge on any atom is -0.493 e. The fourth-order valence-electron chi connectivity index (χ4n) is 2.22. The Morgan fingerprint density at radius 1 is 1.12 bits per heavy atom. The summed E-state index contributed by atoms with van der Waals surface area (Å²) in [5, 5.41) is 11.2. The smallest absolute Gasteiger partial charge is 0.303 e. The van der Waals surface area contributed by atoms with E-state index in [0.717, 1.165) is 5.56 Å². The number of aliphatic carboxylic acids is 1. The van der Waals surface area contributed by atoms with Crippen LogP contribution in [-0.2, 0) is 22.7 Å². The maximum absolute atomic E-state index is 13.6. The van der Waals surface area contributed by atoms with E-state index < -0.39 is 5.97 Å². The number of carbonyl (C=O) groups is 2. The van der Waals surface area contributed by atoms with Crippen molar-refractivity contribution in [3.05, 3.63) is 59.4 Å². The molecule has 2 N–H and O–H groups in total. The number of benzene rings is 2. The van der Waals surface area contributed by atoms with E-state index >= 15 is 0 Å². The molecule has 0 aliphatic carbocycles. The van der Waals surface area contributed by atoms with Crippen molar-refractivity contribution in [1.82, 2.24) is 5.32 Å². The highest BCUT2D eigenvalue weighted by molar-refractivity contribution is 5.80. The van der Waals surface area contributed by atoms with Crippen LogP contribution in [-0.4, -0.2) is 24.1 Å². The summed E-state index contributed by atoms with van der Waals surface area (Å²) in [4.78, 5) is 22.0. The van der Waals surface area contributed by atoms with Gasteiger partial charge in [0.25, 0.3) is 0 Å². The summed E-state index contributed by atoms with van der Waals surface area (Å²) < 4.78 is 24.5. The van der Waals surface area contributed by atoms with Gasteiger partial charge < -0.3 is 19.9 Å². The molecule has 2 aromatic carbocycles. The number of hydrogen-bond acceptors (Lipinski definition) is 4. The lowest BCUT2D eigenvalue weighted by molar-refractivity contribution is -0.138. The molecule has 0 atom stereocenters. The highest BCUT2D eigenvalue weighted by Crippen LogP contribution is 2.29. The van der Waals surface area contributed by atoms with Gasteiger partial charge in [0.15, 0.2) is 11.5 Å². The molecule has 0 saturated heterocycles. The van der Waals surface area contributed by atoms with Crippen LogP contribution in [0.3, 0.4) is 0 Å². The van der Waals surface area contributed by atoms with Gasteiger partial charge in [0.1, 0.15) is 12.4 Å². The van der Waals surface area contributed by atoms with E-state index in [0.29, 0.717) is 17.1 Å². The summed E-state index contributed by atoms with van der Waals surface area (Å²) in [6, 6.07) is 11.5. The zero-order valence-corrected chi connectivity index (χ0v) is 14.3. The predicted octanol–water partition coefficient (Wildman–Crippen LogP) is 2.89. The topological polar surface area (TPSA) is 84.9 Å². The number of ether oxygens (including phenoxy) is 2. The molecule has 0 fully saturated rings. The number of nitrogens with one attached hydrogen (secondary N) is 1. The number of methoxy groups -OCH3 is 1. The second-order valence-corrected chi connectivity index (χ2v) is 5.54. The molecular formula is C19H20FNO5. The number of hydrogen-bond donors (Lipinski definition) is 2. The quantitative estimate of drug-likeness (QED) is 0.717. The van der Waals surface area contributed by atoms with Crippen LogP contribution >= 0.6 is 0 Å². The molecule has 2 aromatic rings. The fraction of sp³-hybridized carbons (Fsp3) is 0.263. The van der Waals surface area contributed by atoms with Crippen molar-refractivity contribution < 1.29 is 28.6 Å². The largest absolute Gasteiger partial charge is 0.493 e. The molecule has 7 heteroatoms. The van der Waals surface area contributed by atoms with E-state index in [1.807, 2.05) is 0 Å². The second-order valence-electron chi connectivity index (χ2n) is 5.54. The Bertz CT molecular complexity index is 778. The maximum atomic E-state index is 13.6. The van der Waals surface area contributed by atoms with Crippen LogP contribution in [0.5, 0.6) is 11.5 Å². The van der Waals surface area contributed by atoms with Gasteiger partial charge in [-0.05, 0) is 23.8 Å². The van der Waals surface area contributed by atoms with Gasteiger partial charge in [0, 0.05) is 18.5 Å². The lowest BCUT2D eigenvalue weighted by Crippen LogP contribution is -2.23. The SMILES string of the molecule is COc1cc(CNC(=O)CCC(=O)O)ccc1OCc1ccccc1F. The first kappa shape index (κ1) is 19.2. The van der Waals surface area contributed by atoms with Crippen molar-refractivity contribution in [2.45, 2.75) is 26.0 Å². The normalized spacial score (nSPS) is 10.2. The van der Waals surface area contributed by atoms with Gasteiger partial charge in [0.05, 0.1) is 13.5 Å². The number of carboxylic acids is 1. The molecule has 0 bridgehead atoms. The molecule has 0 heterocycles. The third-order valence-electron chi connectivity index (χ3n) is 3.62. The number of amides is 1. The Hall–Kier alpha value is -3.09. The zero-order valence-electron chi connectivity index (χ0n) is 14.3. The second kappa shape index (κ2) is 9.41. The zero-order chi connectivity index (χ0) is 18.9. The van der Waals surface area contributed by atoms with Crippen LogP contribution in [0.25, 0.3) is 0 Å². The predicted molar refractivity (Wildman–Crippen MR) is 92.4 cm³/mol. The first-order valence-electron chi connectivity index (χ1n) is 8.01. The molecule has 6 nitrogen and oxygen atoms in total. The lowest BCUT2D eigenvalue weighted by atomic mass is 10.2. The Balaban J connectivity index is 1.95. The molecule has 0 saturated carbocycles. The molecular weight excluding hydrogens is 341 g/mol. The van der Waals surface area contributed by atoms with E-state index in [1.165, 1.54) is 13.2 Å². The van der Waals surface area contributed by atoms with Gasteiger partial charge in [-0.1, -0.05) is 24.3 Å². The van der Waals surface area contributed by atoms with E-state index in [-0.39, 0.29) is 37.7 Å². The highest BCUT2D eigenvalue weighted by atomic mass is 19.1. The van der Waals surface area contributed by atoms with Crippen LogP contribution in [0.2, 0.25) is 0 Å². The number of carboxylic acid groups (broad SMARTS) is 1. The monoisotopic (exact) mass is 361 g/mol. The van der Waals surface area contributed by atoms with Crippen LogP contribution in [0.4, 0.5) is 4.39 Å². The van der Waals surface area contributed by atoms with Crippen LogP contribution in [0.1, 0.15) is 24.0 Å². The Kier molecular flexibility index (Phi) is 6.96.